The summed E-state index contributed by atoms with van der Waals surface area (Å²) in [5.74, 6) is 0.298. The van der Waals surface area contributed by atoms with Gasteiger partial charge in [0.25, 0.3) is 0 Å². The summed E-state index contributed by atoms with van der Waals surface area (Å²) in [7, 11) is -3.65. The maximum atomic E-state index is 12.2. The van der Waals surface area contributed by atoms with Crippen molar-refractivity contribution in [2.24, 2.45) is 0 Å². The quantitative estimate of drug-likeness (QED) is 0.621. The SMILES string of the molecule is Nc1ncnc2c1ccn2[C@@H]1O[C@H](COP2(=O)OCCCO2)[C@@H](O)[C@H]1O. The van der Waals surface area contributed by atoms with Crippen LogP contribution in [-0.2, 0) is 22.9 Å². The van der Waals surface area contributed by atoms with Crippen molar-refractivity contribution in [2.75, 3.05) is 25.6 Å². The number of hydrogen-bond donors (Lipinski definition) is 3. The summed E-state index contributed by atoms with van der Waals surface area (Å²) in [5, 5.41) is 21.2. The van der Waals surface area contributed by atoms with Gasteiger partial charge in [0, 0.05) is 6.20 Å². The Morgan fingerprint density at radius 1 is 1.31 bits per heavy atom. The van der Waals surface area contributed by atoms with E-state index in [1.165, 1.54) is 6.33 Å². The molecule has 4 rings (SSSR count). The van der Waals surface area contributed by atoms with Gasteiger partial charge in [0.15, 0.2) is 6.23 Å². The number of hydrogen-bond acceptors (Lipinski definition) is 10. The Kier molecular flexibility index (Phi) is 4.70. The summed E-state index contributed by atoms with van der Waals surface area (Å²) in [6.45, 7) is 0.280. The number of anilines is 1. The molecule has 0 aromatic carbocycles. The van der Waals surface area contributed by atoms with Crippen LogP contribution in [0.1, 0.15) is 12.6 Å². The summed E-state index contributed by atoms with van der Waals surface area (Å²) >= 11 is 0. The summed E-state index contributed by atoms with van der Waals surface area (Å²) < 4.78 is 34.7. The van der Waals surface area contributed by atoms with E-state index in [9.17, 15) is 14.8 Å². The van der Waals surface area contributed by atoms with Crippen LogP contribution in [0.3, 0.4) is 0 Å². The van der Waals surface area contributed by atoms with Gasteiger partial charge in [-0.3, -0.25) is 13.6 Å². The van der Waals surface area contributed by atoms with E-state index in [-0.39, 0.29) is 19.8 Å². The van der Waals surface area contributed by atoms with Gasteiger partial charge in [0.2, 0.25) is 0 Å². The van der Waals surface area contributed by atoms with Crippen LogP contribution in [-0.4, -0.2) is 62.9 Å². The van der Waals surface area contributed by atoms with Crippen LogP contribution in [0, 0.1) is 0 Å². The number of nitrogens with zero attached hydrogens (tertiary/aromatic N) is 3. The minimum absolute atomic E-state index is 0.262. The second-order valence-corrected chi connectivity index (χ2v) is 7.70. The normalized spacial score (nSPS) is 31.5. The molecule has 2 aromatic rings. The molecule has 0 bridgehead atoms. The molecular formula is C14H19N4O7P. The lowest BCUT2D eigenvalue weighted by atomic mass is 10.1. The Morgan fingerprint density at radius 2 is 2.08 bits per heavy atom. The van der Waals surface area contributed by atoms with Crippen LogP contribution in [0.25, 0.3) is 11.0 Å². The van der Waals surface area contributed by atoms with Crippen molar-refractivity contribution in [3.8, 4) is 0 Å². The van der Waals surface area contributed by atoms with Crippen LogP contribution in [0.4, 0.5) is 5.82 Å². The van der Waals surface area contributed by atoms with Gasteiger partial charge < -0.3 is 25.3 Å². The highest BCUT2D eigenvalue weighted by Gasteiger charge is 2.45. The van der Waals surface area contributed by atoms with Crippen molar-refractivity contribution in [1.82, 2.24) is 14.5 Å². The van der Waals surface area contributed by atoms with Gasteiger partial charge in [0.1, 0.15) is 36.1 Å². The largest absolute Gasteiger partial charge is 0.474 e. The molecule has 4 heterocycles. The van der Waals surface area contributed by atoms with Gasteiger partial charge >= 0.3 is 7.82 Å². The van der Waals surface area contributed by atoms with Crippen molar-refractivity contribution >= 4 is 24.7 Å². The van der Waals surface area contributed by atoms with Crippen molar-refractivity contribution < 1.29 is 33.1 Å². The van der Waals surface area contributed by atoms with Crippen LogP contribution < -0.4 is 5.73 Å². The van der Waals surface area contributed by atoms with Crippen molar-refractivity contribution in [3.63, 3.8) is 0 Å². The summed E-state index contributed by atoms with van der Waals surface area (Å²) in [6, 6.07) is 1.69. The molecule has 26 heavy (non-hydrogen) atoms. The lowest BCUT2D eigenvalue weighted by Crippen LogP contribution is -2.33. The zero-order valence-electron chi connectivity index (χ0n) is 13.7. The number of nitrogens with two attached hydrogens (primary N) is 1. The number of fused-ring (bicyclic) bond motifs is 1. The third-order valence-electron chi connectivity index (χ3n) is 4.34. The van der Waals surface area contributed by atoms with E-state index in [2.05, 4.69) is 9.97 Å². The molecule has 2 fully saturated rings. The first-order chi connectivity index (χ1) is 12.5. The molecule has 4 atom stereocenters. The topological polar surface area (TPSA) is 151 Å². The van der Waals surface area contributed by atoms with Crippen molar-refractivity contribution in [3.05, 3.63) is 18.6 Å². The smallest absolute Gasteiger partial charge is 0.387 e. The Hall–Kier alpha value is -1.59. The minimum atomic E-state index is -3.65. The lowest BCUT2D eigenvalue weighted by Gasteiger charge is -2.23. The average molecular weight is 386 g/mol. The first-order valence-electron chi connectivity index (χ1n) is 8.11. The maximum absolute atomic E-state index is 12.2. The Labute approximate surface area is 148 Å². The maximum Gasteiger partial charge on any atom is 0.474 e. The molecule has 0 radical (unpaired) electrons. The molecular weight excluding hydrogens is 367 g/mol. The monoisotopic (exact) mass is 386 g/mol. The molecule has 4 N–H and O–H groups in total. The van der Waals surface area contributed by atoms with E-state index in [1.54, 1.807) is 16.8 Å². The van der Waals surface area contributed by atoms with E-state index in [4.69, 9.17) is 24.0 Å². The fourth-order valence-corrected chi connectivity index (χ4v) is 4.24. The van der Waals surface area contributed by atoms with E-state index in [0.717, 1.165) is 0 Å². The number of ether oxygens (including phenoxy) is 1. The molecule has 2 saturated heterocycles. The Bertz CT molecular complexity index is 836. The van der Waals surface area contributed by atoms with E-state index in [1.807, 2.05) is 0 Å². The highest BCUT2D eigenvalue weighted by atomic mass is 31.2. The first kappa shape index (κ1) is 17.8. The van der Waals surface area contributed by atoms with Gasteiger partial charge in [-0.2, -0.15) is 0 Å². The zero-order valence-corrected chi connectivity index (χ0v) is 14.6. The molecule has 0 amide bonds. The van der Waals surface area contributed by atoms with E-state index >= 15 is 0 Å². The molecule has 2 aliphatic rings. The van der Waals surface area contributed by atoms with Crippen molar-refractivity contribution in [1.29, 1.82) is 0 Å². The molecule has 0 saturated carbocycles. The predicted molar refractivity (Wildman–Crippen MR) is 87.9 cm³/mol. The van der Waals surface area contributed by atoms with Gasteiger partial charge in [-0.15, -0.1) is 0 Å². The van der Waals surface area contributed by atoms with E-state index < -0.39 is 32.4 Å². The number of phosphoric acid groups is 1. The van der Waals surface area contributed by atoms with E-state index in [0.29, 0.717) is 23.3 Å². The number of rotatable bonds is 4. The van der Waals surface area contributed by atoms with Crippen LogP contribution in [0.15, 0.2) is 18.6 Å². The predicted octanol–water partition coefficient (Wildman–Crippen LogP) is 0.194. The van der Waals surface area contributed by atoms with Gasteiger partial charge in [-0.25, -0.2) is 14.5 Å². The minimum Gasteiger partial charge on any atom is -0.387 e. The van der Waals surface area contributed by atoms with Crippen LogP contribution in [0.5, 0.6) is 0 Å². The van der Waals surface area contributed by atoms with Crippen LogP contribution >= 0.6 is 7.82 Å². The number of aromatic nitrogens is 3. The summed E-state index contributed by atoms with van der Waals surface area (Å²) in [4.78, 5) is 8.05. The highest BCUT2D eigenvalue weighted by Crippen LogP contribution is 2.52. The van der Waals surface area contributed by atoms with Crippen LogP contribution in [0.2, 0.25) is 0 Å². The fraction of sp³-hybridized carbons (Fsp3) is 0.571. The molecule has 0 spiro atoms. The second kappa shape index (κ2) is 6.86. The molecule has 2 aliphatic heterocycles. The molecule has 0 aliphatic carbocycles. The van der Waals surface area contributed by atoms with Crippen molar-refractivity contribution in [2.45, 2.75) is 31.0 Å². The summed E-state index contributed by atoms with van der Waals surface area (Å²) in [5.41, 5.74) is 6.27. The zero-order chi connectivity index (χ0) is 18.3. The lowest BCUT2D eigenvalue weighted by molar-refractivity contribution is -0.0541. The van der Waals surface area contributed by atoms with Gasteiger partial charge in [-0.1, -0.05) is 0 Å². The molecule has 142 valence electrons. The molecule has 2 aromatic heterocycles. The number of aliphatic hydroxyl groups excluding tert-OH is 2. The molecule has 12 heteroatoms. The second-order valence-electron chi connectivity index (χ2n) is 6.03. The Morgan fingerprint density at radius 3 is 2.85 bits per heavy atom. The molecule has 0 unspecified atom stereocenters. The Balaban J connectivity index is 1.50. The standard InChI is InChI=1S/C14H19N4O7P/c15-12-8-2-3-18(13(8)17-7-16-12)14-11(20)10(19)9(25-14)6-24-26(21)22-4-1-5-23-26/h2-3,7,9-11,14,19-20H,1,4-6H2,(H2,15,16,17)/t9-,10-,11-,14-/m1/s1. The third kappa shape index (κ3) is 3.12. The first-order valence-corrected chi connectivity index (χ1v) is 9.57. The third-order valence-corrected chi connectivity index (χ3v) is 5.80. The summed E-state index contributed by atoms with van der Waals surface area (Å²) in [6.07, 6.45) is -0.781. The molecule has 11 nitrogen and oxygen atoms in total. The average Bonchev–Trinajstić information content (AvgIpc) is 3.17. The number of aliphatic hydroxyl groups is 2. The highest BCUT2D eigenvalue weighted by molar-refractivity contribution is 7.48. The fourth-order valence-electron chi connectivity index (χ4n) is 2.98. The number of nitrogen functional groups attached to an aromatic ring is 1. The van der Waals surface area contributed by atoms with Gasteiger partial charge in [0.05, 0.1) is 25.2 Å². The van der Waals surface area contributed by atoms with Gasteiger partial charge in [-0.05, 0) is 12.5 Å². The number of phosphoric ester groups is 1.